The summed E-state index contributed by atoms with van der Waals surface area (Å²) in [6.45, 7) is 2.72. The fourth-order valence-corrected chi connectivity index (χ4v) is 6.35. The number of hydrogen-bond acceptors (Lipinski definition) is 7. The molecule has 3 aromatic carbocycles. The molecule has 0 unspecified atom stereocenters. The lowest BCUT2D eigenvalue weighted by Crippen LogP contribution is -2.53. The number of amides is 2. The standard InChI is InChI=1S/C33H34BrN3O6/c34-28-9-4-3-8-27(28)30-33(35-31(43-30)23-10-12-26(13-11-23)42-17-5-16-38)20-24-6-1-2-7-25(24)21-37(32(33)40)22-29(39)36-14-18-41-19-15-36/h1-4,6-13,30,38H,5,14-22H2/t30-,33-/m0/s1. The highest BCUT2D eigenvalue weighted by Crippen LogP contribution is 2.47. The second-order valence-corrected chi connectivity index (χ2v) is 11.8. The third kappa shape index (κ3) is 6.04. The van der Waals surface area contributed by atoms with Gasteiger partial charge in [0.05, 0.1) is 19.8 Å². The molecule has 0 bridgehead atoms. The monoisotopic (exact) mass is 647 g/mol. The molecule has 10 heteroatoms. The third-order valence-electron chi connectivity index (χ3n) is 8.11. The van der Waals surface area contributed by atoms with Gasteiger partial charge in [-0.1, -0.05) is 58.4 Å². The molecular weight excluding hydrogens is 614 g/mol. The molecular formula is C33H34BrN3O6. The van der Waals surface area contributed by atoms with E-state index in [9.17, 15) is 9.59 Å². The number of aliphatic hydroxyl groups is 1. The van der Waals surface area contributed by atoms with Gasteiger partial charge in [-0.2, -0.15) is 0 Å². The second-order valence-electron chi connectivity index (χ2n) is 10.9. The number of carbonyl (C=O) groups is 2. The van der Waals surface area contributed by atoms with E-state index in [1.54, 1.807) is 9.80 Å². The van der Waals surface area contributed by atoms with Gasteiger partial charge in [-0.15, -0.1) is 0 Å². The van der Waals surface area contributed by atoms with Crippen LogP contribution in [0.2, 0.25) is 0 Å². The molecule has 0 radical (unpaired) electrons. The molecule has 224 valence electrons. The number of nitrogens with zero attached hydrogens (tertiary/aromatic N) is 3. The topological polar surface area (TPSA) is 101 Å². The molecule has 0 aromatic heterocycles. The number of aliphatic hydroxyl groups excluding tert-OH is 1. The molecule has 3 aliphatic heterocycles. The number of carbonyl (C=O) groups excluding carboxylic acids is 2. The van der Waals surface area contributed by atoms with Crippen LogP contribution in [0.3, 0.4) is 0 Å². The Morgan fingerprint density at radius 3 is 2.49 bits per heavy atom. The van der Waals surface area contributed by atoms with Crippen molar-refractivity contribution in [3.05, 3.63) is 99.5 Å². The highest BCUT2D eigenvalue weighted by atomic mass is 79.9. The molecule has 1 saturated heterocycles. The zero-order valence-electron chi connectivity index (χ0n) is 23.8. The van der Waals surface area contributed by atoms with Gasteiger partial charge in [0.15, 0.2) is 11.6 Å². The predicted octanol–water partition coefficient (Wildman–Crippen LogP) is 3.91. The summed E-state index contributed by atoms with van der Waals surface area (Å²) in [6.07, 6.45) is 0.127. The molecule has 2 amide bonds. The van der Waals surface area contributed by atoms with Crippen LogP contribution >= 0.6 is 15.9 Å². The van der Waals surface area contributed by atoms with Crippen LogP contribution < -0.4 is 4.74 Å². The molecule has 1 fully saturated rings. The summed E-state index contributed by atoms with van der Waals surface area (Å²) >= 11 is 3.69. The van der Waals surface area contributed by atoms with Crippen molar-refractivity contribution in [2.45, 2.75) is 31.0 Å². The van der Waals surface area contributed by atoms with Gasteiger partial charge < -0.3 is 29.1 Å². The van der Waals surface area contributed by atoms with E-state index < -0.39 is 11.6 Å². The molecule has 1 N–H and O–H groups in total. The minimum absolute atomic E-state index is 0.0532. The Bertz CT molecular complexity index is 1510. The van der Waals surface area contributed by atoms with E-state index >= 15 is 0 Å². The van der Waals surface area contributed by atoms with Crippen LogP contribution in [0.1, 0.15) is 34.8 Å². The minimum Gasteiger partial charge on any atom is -0.494 e. The lowest BCUT2D eigenvalue weighted by atomic mass is 9.82. The molecule has 0 saturated carbocycles. The van der Waals surface area contributed by atoms with Gasteiger partial charge in [-0.05, 0) is 41.5 Å². The summed E-state index contributed by atoms with van der Waals surface area (Å²) in [7, 11) is 0. The smallest absolute Gasteiger partial charge is 0.256 e. The Morgan fingerprint density at radius 1 is 1.02 bits per heavy atom. The van der Waals surface area contributed by atoms with Gasteiger partial charge in [0.2, 0.25) is 11.8 Å². The van der Waals surface area contributed by atoms with Crippen LogP contribution in [-0.4, -0.2) is 84.2 Å². The fraction of sp³-hybridized carbons (Fsp3) is 0.364. The van der Waals surface area contributed by atoms with Crippen molar-refractivity contribution in [2.75, 3.05) is 46.1 Å². The Balaban J connectivity index is 1.41. The zero-order valence-corrected chi connectivity index (χ0v) is 25.4. The summed E-state index contributed by atoms with van der Waals surface area (Å²) in [6, 6.07) is 23.1. The van der Waals surface area contributed by atoms with Crippen LogP contribution in [0.4, 0.5) is 0 Å². The maximum Gasteiger partial charge on any atom is 0.256 e. The van der Waals surface area contributed by atoms with Crippen molar-refractivity contribution in [3.8, 4) is 5.75 Å². The molecule has 43 heavy (non-hydrogen) atoms. The number of ether oxygens (including phenoxy) is 3. The number of morpholine rings is 1. The van der Waals surface area contributed by atoms with E-state index in [2.05, 4.69) is 15.9 Å². The van der Waals surface area contributed by atoms with Crippen molar-refractivity contribution in [3.63, 3.8) is 0 Å². The van der Waals surface area contributed by atoms with Crippen molar-refractivity contribution in [1.29, 1.82) is 0 Å². The van der Waals surface area contributed by atoms with Gasteiger partial charge in [-0.3, -0.25) is 9.59 Å². The molecule has 6 rings (SSSR count). The number of benzene rings is 3. The van der Waals surface area contributed by atoms with Crippen LogP contribution in [0.25, 0.3) is 0 Å². The maximum absolute atomic E-state index is 14.8. The Morgan fingerprint density at radius 2 is 1.74 bits per heavy atom. The van der Waals surface area contributed by atoms with Gasteiger partial charge in [-0.25, -0.2) is 4.99 Å². The van der Waals surface area contributed by atoms with Crippen LogP contribution in [0.5, 0.6) is 5.75 Å². The first-order valence-electron chi connectivity index (χ1n) is 14.6. The first-order valence-corrected chi connectivity index (χ1v) is 15.3. The van der Waals surface area contributed by atoms with E-state index in [-0.39, 0.29) is 25.0 Å². The average molecular weight is 649 g/mol. The predicted molar refractivity (Wildman–Crippen MR) is 164 cm³/mol. The molecule has 1 spiro atoms. The summed E-state index contributed by atoms with van der Waals surface area (Å²) in [5.41, 5.74) is 2.16. The maximum atomic E-state index is 14.8. The number of hydrogen-bond donors (Lipinski definition) is 1. The molecule has 0 aliphatic carbocycles. The summed E-state index contributed by atoms with van der Waals surface area (Å²) in [4.78, 5) is 36.8. The minimum atomic E-state index is -1.34. The van der Waals surface area contributed by atoms with Crippen molar-refractivity contribution in [2.24, 2.45) is 4.99 Å². The zero-order chi connectivity index (χ0) is 29.8. The first kappa shape index (κ1) is 29.3. The lowest BCUT2D eigenvalue weighted by Gasteiger charge is -2.35. The number of aliphatic imine (C=N–C) groups is 1. The SMILES string of the molecule is O=C(CN1Cc2ccccc2C[C@@]2(N=C(c3ccc(OCCCO)cc3)O[C@H]2c2ccccc2Br)C1=O)N1CCOCC1. The summed E-state index contributed by atoms with van der Waals surface area (Å²) in [5, 5.41) is 9.05. The highest BCUT2D eigenvalue weighted by molar-refractivity contribution is 9.10. The number of fused-ring (bicyclic) bond motifs is 1. The molecule has 9 nitrogen and oxygen atoms in total. The average Bonchev–Trinajstić information content (AvgIpc) is 3.37. The number of halogens is 1. The van der Waals surface area contributed by atoms with Crippen LogP contribution in [-0.2, 0) is 32.0 Å². The van der Waals surface area contributed by atoms with E-state index in [4.69, 9.17) is 24.3 Å². The van der Waals surface area contributed by atoms with Crippen molar-refractivity contribution >= 4 is 33.6 Å². The van der Waals surface area contributed by atoms with E-state index in [0.717, 1.165) is 21.2 Å². The number of rotatable bonds is 8. The van der Waals surface area contributed by atoms with Crippen LogP contribution in [0, 0.1) is 0 Å². The molecule has 2 atom stereocenters. The fourth-order valence-electron chi connectivity index (χ4n) is 5.86. The first-order chi connectivity index (χ1) is 21.0. The van der Waals surface area contributed by atoms with Crippen molar-refractivity contribution in [1.82, 2.24) is 9.80 Å². The summed E-state index contributed by atoms with van der Waals surface area (Å²) < 4.78 is 18.6. The highest BCUT2D eigenvalue weighted by Gasteiger charge is 2.56. The molecule has 3 aromatic rings. The van der Waals surface area contributed by atoms with E-state index in [0.29, 0.717) is 69.5 Å². The van der Waals surface area contributed by atoms with Gasteiger partial charge >= 0.3 is 0 Å². The lowest BCUT2D eigenvalue weighted by molar-refractivity contribution is -0.147. The van der Waals surface area contributed by atoms with E-state index in [1.165, 1.54) is 0 Å². The van der Waals surface area contributed by atoms with Gasteiger partial charge in [0, 0.05) is 54.7 Å². The van der Waals surface area contributed by atoms with Crippen molar-refractivity contribution < 1.29 is 28.9 Å². The molecule has 3 aliphatic rings. The quantitative estimate of drug-likeness (QED) is 0.372. The van der Waals surface area contributed by atoms with Crippen LogP contribution in [0.15, 0.2) is 82.3 Å². The normalized spacial score (nSPS) is 21.7. The Kier molecular flexibility index (Phi) is 8.78. The van der Waals surface area contributed by atoms with Gasteiger partial charge in [0.1, 0.15) is 12.3 Å². The van der Waals surface area contributed by atoms with E-state index in [1.807, 2.05) is 72.8 Å². The van der Waals surface area contributed by atoms with Gasteiger partial charge in [0.25, 0.3) is 5.91 Å². The Labute approximate surface area is 259 Å². The second kappa shape index (κ2) is 12.9. The largest absolute Gasteiger partial charge is 0.494 e. The summed E-state index contributed by atoms with van der Waals surface area (Å²) in [5.74, 6) is 0.670. The third-order valence-corrected chi connectivity index (χ3v) is 8.83. The molecule has 3 heterocycles. The Hall–Kier alpha value is -3.73.